The smallest absolute Gasteiger partial charge is 0.225 e. The quantitative estimate of drug-likeness (QED) is 0.549. The van der Waals surface area contributed by atoms with Gasteiger partial charge in [0.1, 0.15) is 0 Å². The van der Waals surface area contributed by atoms with E-state index in [1.54, 1.807) is 0 Å². The van der Waals surface area contributed by atoms with Gasteiger partial charge in [0.25, 0.3) is 0 Å². The molecule has 1 unspecified atom stereocenters. The molecule has 2 aliphatic heterocycles. The van der Waals surface area contributed by atoms with E-state index in [1.165, 1.54) is 50.3 Å². The lowest BCUT2D eigenvalue weighted by molar-refractivity contribution is -0.133. The van der Waals surface area contributed by atoms with E-state index in [1.807, 2.05) is 25.8 Å². The predicted octanol–water partition coefficient (Wildman–Crippen LogP) is 1.77. The molecule has 3 fully saturated rings. The Morgan fingerprint density at radius 2 is 1.93 bits per heavy atom. The van der Waals surface area contributed by atoms with Crippen LogP contribution in [0, 0.1) is 5.92 Å². The minimum atomic E-state index is 0.0751. The molecule has 27 heavy (non-hydrogen) atoms. The van der Waals surface area contributed by atoms with Crippen LogP contribution in [0.1, 0.15) is 46.0 Å². The van der Waals surface area contributed by atoms with Crippen molar-refractivity contribution < 1.29 is 4.79 Å². The van der Waals surface area contributed by atoms with Gasteiger partial charge < -0.3 is 15.5 Å². The van der Waals surface area contributed by atoms with Crippen LogP contribution in [0.15, 0.2) is 4.99 Å². The summed E-state index contributed by atoms with van der Waals surface area (Å²) in [5, 5.41) is 7.19. The molecule has 2 heterocycles. The molecule has 2 saturated heterocycles. The predicted molar refractivity (Wildman–Crippen MR) is 114 cm³/mol. The second-order valence-corrected chi connectivity index (χ2v) is 9.75. The molecule has 0 spiro atoms. The minimum Gasteiger partial charge on any atom is -0.355 e. The fourth-order valence-electron chi connectivity index (χ4n) is 4.76. The average molecular weight is 396 g/mol. The highest BCUT2D eigenvalue weighted by molar-refractivity contribution is 7.99. The molecule has 1 amide bonds. The third kappa shape index (κ3) is 5.11. The summed E-state index contributed by atoms with van der Waals surface area (Å²) >= 11 is 2.08. The standard InChI is InChI=1S/C20H37N5OS/c1-16(2)18(26)24-9-6-17(14-24)23-19(21-3)22-15-20(7-4-5-8-20)25-10-12-27-13-11-25/h16-17H,4-15H2,1-3H3,(H2,21,22,23). The zero-order chi connectivity index (χ0) is 19.3. The summed E-state index contributed by atoms with van der Waals surface area (Å²) in [4.78, 5) is 21.4. The van der Waals surface area contributed by atoms with Crippen LogP contribution in [0.4, 0.5) is 0 Å². The molecule has 0 aromatic heterocycles. The summed E-state index contributed by atoms with van der Waals surface area (Å²) in [7, 11) is 1.85. The van der Waals surface area contributed by atoms with E-state index in [0.29, 0.717) is 11.6 Å². The molecule has 1 atom stereocenters. The number of carbonyl (C=O) groups is 1. The first-order valence-electron chi connectivity index (χ1n) is 10.6. The summed E-state index contributed by atoms with van der Waals surface area (Å²) in [6, 6.07) is 0.296. The first-order valence-corrected chi connectivity index (χ1v) is 11.8. The Kier molecular flexibility index (Phi) is 7.31. The molecule has 0 aromatic carbocycles. The van der Waals surface area contributed by atoms with Crippen LogP contribution >= 0.6 is 11.8 Å². The monoisotopic (exact) mass is 395 g/mol. The van der Waals surface area contributed by atoms with Gasteiger partial charge in [-0.3, -0.25) is 14.7 Å². The highest BCUT2D eigenvalue weighted by atomic mass is 32.2. The number of nitrogens with one attached hydrogen (secondary N) is 2. The molecule has 7 heteroatoms. The number of hydrogen-bond acceptors (Lipinski definition) is 4. The Balaban J connectivity index is 1.52. The highest BCUT2D eigenvalue weighted by Crippen LogP contribution is 2.36. The molecule has 3 aliphatic rings. The molecule has 0 bridgehead atoms. The van der Waals surface area contributed by atoms with Crippen molar-refractivity contribution in [3.63, 3.8) is 0 Å². The summed E-state index contributed by atoms with van der Waals surface area (Å²) in [6.07, 6.45) is 6.26. The number of amides is 1. The number of rotatable bonds is 5. The van der Waals surface area contributed by atoms with E-state index >= 15 is 0 Å². The minimum absolute atomic E-state index is 0.0751. The molecule has 3 rings (SSSR count). The number of thioether (sulfide) groups is 1. The number of hydrogen-bond donors (Lipinski definition) is 2. The van der Waals surface area contributed by atoms with Crippen molar-refractivity contribution in [1.82, 2.24) is 20.4 Å². The van der Waals surface area contributed by atoms with Gasteiger partial charge in [0.2, 0.25) is 5.91 Å². The second-order valence-electron chi connectivity index (χ2n) is 8.53. The lowest BCUT2D eigenvalue weighted by Crippen LogP contribution is -2.58. The van der Waals surface area contributed by atoms with Crippen LogP contribution in [-0.4, -0.2) is 84.5 Å². The Morgan fingerprint density at radius 1 is 1.22 bits per heavy atom. The lowest BCUT2D eigenvalue weighted by atomic mass is 9.94. The van der Waals surface area contributed by atoms with Gasteiger partial charge in [0, 0.05) is 68.8 Å². The van der Waals surface area contributed by atoms with Gasteiger partial charge in [-0.1, -0.05) is 26.7 Å². The van der Waals surface area contributed by atoms with Crippen molar-refractivity contribution in [3.8, 4) is 0 Å². The molecule has 154 valence electrons. The Morgan fingerprint density at radius 3 is 2.56 bits per heavy atom. The molecule has 1 aliphatic carbocycles. The molecule has 0 radical (unpaired) electrons. The number of nitrogens with zero attached hydrogens (tertiary/aromatic N) is 3. The first-order chi connectivity index (χ1) is 13.0. The summed E-state index contributed by atoms with van der Waals surface area (Å²) in [5.74, 6) is 3.74. The normalized spacial score (nSPS) is 26.6. The van der Waals surface area contributed by atoms with Crippen LogP contribution in [0.5, 0.6) is 0 Å². The number of guanidine groups is 1. The van der Waals surface area contributed by atoms with Gasteiger partial charge in [-0.15, -0.1) is 0 Å². The molecule has 1 saturated carbocycles. The average Bonchev–Trinajstić information content (AvgIpc) is 3.35. The van der Waals surface area contributed by atoms with Gasteiger partial charge >= 0.3 is 0 Å². The van der Waals surface area contributed by atoms with Crippen LogP contribution in [0.2, 0.25) is 0 Å². The van der Waals surface area contributed by atoms with E-state index < -0.39 is 0 Å². The van der Waals surface area contributed by atoms with Gasteiger partial charge in [-0.2, -0.15) is 11.8 Å². The van der Waals surface area contributed by atoms with Crippen LogP contribution in [-0.2, 0) is 4.79 Å². The van der Waals surface area contributed by atoms with Gasteiger partial charge in [-0.05, 0) is 19.3 Å². The summed E-state index contributed by atoms with van der Waals surface area (Å²) < 4.78 is 0. The van der Waals surface area contributed by atoms with Gasteiger partial charge in [-0.25, -0.2) is 0 Å². The third-order valence-corrected chi connectivity index (χ3v) is 7.30. The Hall–Kier alpha value is -0.950. The van der Waals surface area contributed by atoms with Gasteiger partial charge in [0.05, 0.1) is 0 Å². The number of carbonyl (C=O) groups excluding carboxylic acids is 1. The maximum atomic E-state index is 12.2. The summed E-state index contributed by atoms with van der Waals surface area (Å²) in [6.45, 7) is 8.99. The molecular weight excluding hydrogens is 358 g/mol. The maximum absolute atomic E-state index is 12.2. The van der Waals surface area contributed by atoms with Crippen molar-refractivity contribution in [1.29, 1.82) is 0 Å². The number of likely N-dealkylation sites (tertiary alicyclic amines) is 1. The molecule has 6 nitrogen and oxygen atoms in total. The van der Waals surface area contributed by atoms with Crippen LogP contribution in [0.25, 0.3) is 0 Å². The highest BCUT2D eigenvalue weighted by Gasteiger charge is 2.40. The molecule has 2 N–H and O–H groups in total. The van der Waals surface area contributed by atoms with Gasteiger partial charge in [0.15, 0.2) is 5.96 Å². The first kappa shape index (κ1) is 20.8. The van der Waals surface area contributed by atoms with E-state index in [-0.39, 0.29) is 11.8 Å². The maximum Gasteiger partial charge on any atom is 0.225 e. The van der Waals surface area contributed by atoms with E-state index in [9.17, 15) is 4.79 Å². The molecule has 0 aromatic rings. The largest absolute Gasteiger partial charge is 0.355 e. The molecular formula is C20H37N5OS. The van der Waals surface area contributed by atoms with Crippen molar-refractivity contribution in [2.75, 3.05) is 51.3 Å². The van der Waals surface area contributed by atoms with E-state index in [2.05, 4.69) is 32.3 Å². The lowest BCUT2D eigenvalue weighted by Gasteiger charge is -2.43. The number of aliphatic imine (C=N–C) groups is 1. The SMILES string of the molecule is CN=C(NCC1(N2CCSCC2)CCCC1)NC1CCN(C(=O)C(C)C)C1. The van der Waals surface area contributed by atoms with Crippen LogP contribution in [0.3, 0.4) is 0 Å². The zero-order valence-corrected chi connectivity index (χ0v) is 18.1. The Bertz CT molecular complexity index is 526. The van der Waals surface area contributed by atoms with Crippen molar-refractivity contribution in [2.45, 2.75) is 57.5 Å². The van der Waals surface area contributed by atoms with Crippen molar-refractivity contribution in [2.24, 2.45) is 10.9 Å². The topological polar surface area (TPSA) is 60.0 Å². The van der Waals surface area contributed by atoms with Crippen molar-refractivity contribution in [3.05, 3.63) is 0 Å². The van der Waals surface area contributed by atoms with Crippen molar-refractivity contribution >= 4 is 23.6 Å². The fraction of sp³-hybridized carbons (Fsp3) is 0.900. The van der Waals surface area contributed by atoms with E-state index in [0.717, 1.165) is 32.0 Å². The zero-order valence-electron chi connectivity index (χ0n) is 17.3. The third-order valence-electron chi connectivity index (χ3n) is 6.36. The Labute approximate surface area is 168 Å². The fourth-order valence-corrected chi connectivity index (χ4v) is 5.66. The van der Waals surface area contributed by atoms with Crippen LogP contribution < -0.4 is 10.6 Å². The second kappa shape index (κ2) is 9.50. The summed E-state index contributed by atoms with van der Waals surface area (Å²) in [5.41, 5.74) is 0.300. The van der Waals surface area contributed by atoms with E-state index in [4.69, 9.17) is 0 Å².